The van der Waals surface area contributed by atoms with Crippen molar-refractivity contribution in [3.63, 3.8) is 0 Å². The molecule has 2 aliphatic heterocycles. The Balaban J connectivity index is 1.74. The number of para-hydroxylation sites is 1. The van der Waals surface area contributed by atoms with Gasteiger partial charge >= 0.3 is 0 Å². The first-order valence-corrected chi connectivity index (χ1v) is 12.4. The number of amides is 1. The summed E-state index contributed by atoms with van der Waals surface area (Å²) in [4.78, 5) is 30.6. The normalized spacial score (nSPS) is 20.1. The molecule has 0 aromatic heterocycles. The van der Waals surface area contributed by atoms with Crippen LogP contribution in [-0.2, 0) is 14.3 Å². The van der Waals surface area contributed by atoms with Crippen molar-refractivity contribution >= 4 is 17.4 Å². The zero-order valence-corrected chi connectivity index (χ0v) is 21.2. The highest BCUT2D eigenvalue weighted by Crippen LogP contribution is 2.43. The Bertz CT molecular complexity index is 1140. The largest absolute Gasteiger partial charge is 0.507 e. The van der Waals surface area contributed by atoms with E-state index in [4.69, 9.17) is 14.2 Å². The molecule has 8 heteroatoms. The molecule has 0 radical (unpaired) electrons. The van der Waals surface area contributed by atoms with Gasteiger partial charge in [0.15, 0.2) is 0 Å². The van der Waals surface area contributed by atoms with Crippen molar-refractivity contribution in [1.82, 2.24) is 9.80 Å². The summed E-state index contributed by atoms with van der Waals surface area (Å²) in [6.07, 6.45) is 0.696. The van der Waals surface area contributed by atoms with Gasteiger partial charge in [-0.1, -0.05) is 18.2 Å². The van der Waals surface area contributed by atoms with Crippen LogP contribution in [0, 0.1) is 6.92 Å². The van der Waals surface area contributed by atoms with Gasteiger partial charge < -0.3 is 24.2 Å². The number of carbonyl (C=O) groups is 2. The zero-order valence-electron chi connectivity index (χ0n) is 21.2. The molecule has 1 atom stereocenters. The molecule has 0 bridgehead atoms. The van der Waals surface area contributed by atoms with Crippen LogP contribution in [0.25, 0.3) is 5.76 Å². The number of aliphatic hydroxyl groups is 1. The minimum absolute atomic E-state index is 0.0757. The number of benzene rings is 2. The highest BCUT2D eigenvalue weighted by molar-refractivity contribution is 6.46. The van der Waals surface area contributed by atoms with Gasteiger partial charge in [0.05, 0.1) is 38.5 Å². The number of ketones is 1. The van der Waals surface area contributed by atoms with Crippen molar-refractivity contribution < 1.29 is 28.9 Å². The van der Waals surface area contributed by atoms with Gasteiger partial charge in [-0.3, -0.25) is 14.5 Å². The number of aryl methyl sites for hydroxylation is 1. The highest BCUT2D eigenvalue weighted by atomic mass is 16.5. The number of morpholine rings is 1. The van der Waals surface area contributed by atoms with Crippen molar-refractivity contribution in [3.05, 3.63) is 64.7 Å². The average Bonchev–Trinajstić information content (AvgIpc) is 3.14. The Morgan fingerprint density at radius 1 is 1.11 bits per heavy atom. The molecule has 192 valence electrons. The molecular weight excluding hydrogens is 460 g/mol. The molecule has 0 spiro atoms. The summed E-state index contributed by atoms with van der Waals surface area (Å²) in [6.45, 7) is 8.44. The quantitative estimate of drug-likeness (QED) is 0.324. The lowest BCUT2D eigenvalue weighted by Gasteiger charge is -2.29. The molecule has 0 unspecified atom stereocenters. The van der Waals surface area contributed by atoms with E-state index in [1.165, 1.54) is 0 Å². The van der Waals surface area contributed by atoms with E-state index >= 15 is 0 Å². The maximum Gasteiger partial charge on any atom is 0.295 e. The van der Waals surface area contributed by atoms with Gasteiger partial charge in [0.1, 0.15) is 17.3 Å². The molecule has 1 N–H and O–H groups in total. The summed E-state index contributed by atoms with van der Waals surface area (Å²) in [5.74, 6) is -0.264. The summed E-state index contributed by atoms with van der Waals surface area (Å²) >= 11 is 0. The molecule has 2 saturated heterocycles. The van der Waals surface area contributed by atoms with E-state index in [1.54, 1.807) is 30.2 Å². The fourth-order valence-electron chi connectivity index (χ4n) is 4.89. The molecule has 8 nitrogen and oxygen atoms in total. The molecule has 2 fully saturated rings. The zero-order chi connectivity index (χ0) is 25.7. The molecular formula is C28H34N2O6. The van der Waals surface area contributed by atoms with Crippen LogP contribution in [-0.4, -0.2) is 79.7 Å². The van der Waals surface area contributed by atoms with Gasteiger partial charge in [0, 0.05) is 37.3 Å². The van der Waals surface area contributed by atoms with Crippen LogP contribution in [0.4, 0.5) is 0 Å². The van der Waals surface area contributed by atoms with E-state index in [-0.39, 0.29) is 11.3 Å². The minimum Gasteiger partial charge on any atom is -0.507 e. The predicted molar refractivity (Wildman–Crippen MR) is 136 cm³/mol. The minimum atomic E-state index is -0.751. The topological polar surface area (TPSA) is 88.5 Å². The number of hydrogen-bond acceptors (Lipinski definition) is 7. The van der Waals surface area contributed by atoms with E-state index < -0.39 is 17.7 Å². The molecule has 2 aromatic rings. The Morgan fingerprint density at radius 2 is 1.86 bits per heavy atom. The van der Waals surface area contributed by atoms with Crippen LogP contribution in [0.15, 0.2) is 48.0 Å². The van der Waals surface area contributed by atoms with Crippen LogP contribution < -0.4 is 9.47 Å². The highest BCUT2D eigenvalue weighted by Gasteiger charge is 2.47. The Morgan fingerprint density at radius 3 is 2.56 bits per heavy atom. The van der Waals surface area contributed by atoms with E-state index in [0.29, 0.717) is 55.4 Å². The van der Waals surface area contributed by atoms with Crippen molar-refractivity contribution in [2.45, 2.75) is 26.3 Å². The maximum absolute atomic E-state index is 13.4. The molecule has 2 aromatic carbocycles. The first kappa shape index (κ1) is 25.7. The lowest BCUT2D eigenvalue weighted by Crippen LogP contribution is -2.39. The summed E-state index contributed by atoms with van der Waals surface area (Å²) in [7, 11) is 1.57. The Hall–Kier alpha value is -3.36. The van der Waals surface area contributed by atoms with Gasteiger partial charge in [0.2, 0.25) is 0 Å². The first-order chi connectivity index (χ1) is 17.5. The molecule has 4 rings (SSSR count). The van der Waals surface area contributed by atoms with Crippen molar-refractivity contribution in [3.8, 4) is 11.5 Å². The number of methoxy groups -OCH3 is 1. The second kappa shape index (κ2) is 11.6. The number of Topliss-reactive ketones (excluding diaryl/α,β-unsaturated/α-hetero) is 1. The summed E-state index contributed by atoms with van der Waals surface area (Å²) in [5, 5.41) is 11.4. The molecule has 36 heavy (non-hydrogen) atoms. The number of aliphatic hydroxyl groups excluding tert-OH is 1. The van der Waals surface area contributed by atoms with E-state index in [9.17, 15) is 14.7 Å². The van der Waals surface area contributed by atoms with E-state index in [0.717, 1.165) is 25.2 Å². The van der Waals surface area contributed by atoms with E-state index in [2.05, 4.69) is 4.90 Å². The van der Waals surface area contributed by atoms with Gasteiger partial charge in [0.25, 0.3) is 11.7 Å². The third-order valence-corrected chi connectivity index (χ3v) is 6.72. The fraction of sp³-hybridized carbons (Fsp3) is 0.429. The van der Waals surface area contributed by atoms with Gasteiger partial charge in [-0.2, -0.15) is 0 Å². The SMILES string of the molecule is CCOc1ccccc1[C@@H]1C(=C(O)c2ccc(OC)cc2C)C(=O)C(=O)N1CCCN1CCOCC1. The molecule has 0 saturated carbocycles. The second-order valence-corrected chi connectivity index (χ2v) is 8.95. The van der Waals surface area contributed by atoms with Crippen LogP contribution in [0.5, 0.6) is 11.5 Å². The van der Waals surface area contributed by atoms with Crippen LogP contribution in [0.2, 0.25) is 0 Å². The van der Waals surface area contributed by atoms with Gasteiger partial charge in [-0.25, -0.2) is 0 Å². The van der Waals surface area contributed by atoms with Crippen LogP contribution >= 0.6 is 0 Å². The van der Waals surface area contributed by atoms with E-state index in [1.807, 2.05) is 38.1 Å². The molecule has 0 aliphatic carbocycles. The molecule has 2 aliphatic rings. The Labute approximate surface area is 212 Å². The van der Waals surface area contributed by atoms with Crippen molar-refractivity contribution in [2.24, 2.45) is 0 Å². The van der Waals surface area contributed by atoms with Gasteiger partial charge in [-0.15, -0.1) is 0 Å². The van der Waals surface area contributed by atoms with Crippen molar-refractivity contribution in [1.29, 1.82) is 0 Å². The smallest absolute Gasteiger partial charge is 0.295 e. The number of likely N-dealkylation sites (tertiary alicyclic amines) is 1. The monoisotopic (exact) mass is 494 g/mol. The van der Waals surface area contributed by atoms with Crippen molar-refractivity contribution in [2.75, 3.05) is 53.1 Å². The maximum atomic E-state index is 13.4. The summed E-state index contributed by atoms with van der Waals surface area (Å²) in [6, 6.07) is 11.9. The lowest BCUT2D eigenvalue weighted by molar-refractivity contribution is -0.140. The number of hydrogen-bond donors (Lipinski definition) is 1. The second-order valence-electron chi connectivity index (χ2n) is 8.95. The van der Waals surface area contributed by atoms with Gasteiger partial charge in [-0.05, 0) is 50.1 Å². The number of ether oxygens (including phenoxy) is 3. The van der Waals surface area contributed by atoms with Crippen LogP contribution in [0.1, 0.15) is 36.1 Å². The van der Waals surface area contributed by atoms with Crippen LogP contribution in [0.3, 0.4) is 0 Å². The lowest BCUT2D eigenvalue weighted by atomic mass is 9.93. The molecule has 1 amide bonds. The third-order valence-electron chi connectivity index (χ3n) is 6.72. The fourth-order valence-corrected chi connectivity index (χ4v) is 4.89. The average molecular weight is 495 g/mol. The molecule has 2 heterocycles. The summed E-state index contributed by atoms with van der Waals surface area (Å²) < 4.78 is 16.6. The summed E-state index contributed by atoms with van der Waals surface area (Å²) in [5.41, 5.74) is 1.98. The first-order valence-electron chi connectivity index (χ1n) is 12.4. The Kier molecular flexibility index (Phi) is 8.28. The number of rotatable bonds is 9. The number of nitrogens with zero attached hydrogens (tertiary/aromatic N) is 2. The standard InChI is InChI=1S/C28H34N2O6/c1-4-36-23-9-6-5-8-22(23)25-24(26(31)21-11-10-20(34-3)18-19(21)2)27(32)28(33)30(25)13-7-12-29-14-16-35-17-15-29/h5-6,8-11,18,25,31H,4,7,12-17H2,1-3H3/t25-/m1/s1. The third kappa shape index (κ3) is 5.24. The predicted octanol–water partition coefficient (Wildman–Crippen LogP) is 3.55. The number of carbonyl (C=O) groups excluding carboxylic acids is 2.